The van der Waals surface area contributed by atoms with Crippen LogP contribution in [0.5, 0.6) is 5.88 Å². The van der Waals surface area contributed by atoms with Gasteiger partial charge < -0.3 is 10.1 Å². The van der Waals surface area contributed by atoms with Crippen LogP contribution in [0.2, 0.25) is 0 Å². The van der Waals surface area contributed by atoms with Crippen LogP contribution < -0.4 is 10.1 Å². The van der Waals surface area contributed by atoms with Gasteiger partial charge >= 0.3 is 0 Å². The molecule has 1 aromatic rings. The van der Waals surface area contributed by atoms with Crippen molar-refractivity contribution in [3.05, 3.63) is 23.9 Å². The number of nitrogens with zero attached hydrogens (tertiary/aromatic N) is 2. The van der Waals surface area contributed by atoms with Crippen molar-refractivity contribution < 1.29 is 4.74 Å². The van der Waals surface area contributed by atoms with Gasteiger partial charge in [0.1, 0.15) is 0 Å². The van der Waals surface area contributed by atoms with Crippen molar-refractivity contribution in [3.63, 3.8) is 0 Å². The molecular formula is C14H21N3O. The Kier molecular flexibility index (Phi) is 3.48. The summed E-state index contributed by atoms with van der Waals surface area (Å²) in [7, 11) is 1.65. The van der Waals surface area contributed by atoms with Crippen molar-refractivity contribution in [1.82, 2.24) is 15.2 Å². The summed E-state index contributed by atoms with van der Waals surface area (Å²) in [5, 5.41) is 3.68. The van der Waals surface area contributed by atoms with Crippen molar-refractivity contribution in [2.75, 3.05) is 20.2 Å². The molecule has 3 heterocycles. The molecular weight excluding hydrogens is 226 g/mol. The molecule has 2 saturated heterocycles. The van der Waals surface area contributed by atoms with Crippen LogP contribution in [0.25, 0.3) is 0 Å². The molecule has 3 rings (SSSR count). The lowest BCUT2D eigenvalue weighted by Gasteiger charge is -2.21. The van der Waals surface area contributed by atoms with Crippen LogP contribution in [0, 0.1) is 0 Å². The first-order valence-electron chi connectivity index (χ1n) is 6.83. The first-order valence-corrected chi connectivity index (χ1v) is 6.83. The highest BCUT2D eigenvalue weighted by Crippen LogP contribution is 2.28. The maximum Gasteiger partial charge on any atom is 0.212 e. The van der Waals surface area contributed by atoms with Crippen LogP contribution in [-0.4, -0.2) is 42.2 Å². The third-order valence-corrected chi connectivity index (χ3v) is 4.18. The summed E-state index contributed by atoms with van der Waals surface area (Å²) >= 11 is 0. The summed E-state index contributed by atoms with van der Waals surface area (Å²) in [6, 6.07) is 5.44. The smallest absolute Gasteiger partial charge is 0.212 e. The summed E-state index contributed by atoms with van der Waals surface area (Å²) in [5.41, 5.74) is 1.23. The predicted octanol–water partition coefficient (Wildman–Crippen LogP) is 1.42. The zero-order valence-corrected chi connectivity index (χ0v) is 10.9. The first kappa shape index (κ1) is 11.9. The molecule has 98 valence electrons. The number of rotatable bonds is 4. The van der Waals surface area contributed by atoms with Crippen molar-refractivity contribution >= 4 is 0 Å². The molecule has 2 atom stereocenters. The average molecular weight is 247 g/mol. The Hall–Kier alpha value is -1.13. The molecule has 0 aromatic carbocycles. The maximum atomic E-state index is 5.07. The minimum absolute atomic E-state index is 0.662. The van der Waals surface area contributed by atoms with E-state index in [9.17, 15) is 0 Å². The van der Waals surface area contributed by atoms with Gasteiger partial charge in [0.15, 0.2) is 0 Å². The second kappa shape index (κ2) is 5.24. The minimum Gasteiger partial charge on any atom is -0.481 e. The van der Waals surface area contributed by atoms with E-state index in [2.05, 4.69) is 21.3 Å². The van der Waals surface area contributed by atoms with Gasteiger partial charge in [-0.05, 0) is 31.4 Å². The van der Waals surface area contributed by atoms with E-state index in [1.807, 2.05) is 12.3 Å². The number of fused-ring (bicyclic) bond motifs is 1. The van der Waals surface area contributed by atoms with Crippen LogP contribution >= 0.6 is 0 Å². The molecule has 18 heavy (non-hydrogen) atoms. The van der Waals surface area contributed by atoms with Gasteiger partial charge in [-0.1, -0.05) is 6.07 Å². The van der Waals surface area contributed by atoms with Gasteiger partial charge in [0.05, 0.1) is 7.11 Å². The maximum absolute atomic E-state index is 5.07. The molecule has 0 saturated carbocycles. The molecule has 1 N–H and O–H groups in total. The number of aromatic nitrogens is 1. The summed E-state index contributed by atoms with van der Waals surface area (Å²) in [6.45, 7) is 3.47. The molecule has 0 aliphatic carbocycles. The number of hydrogen-bond acceptors (Lipinski definition) is 4. The third kappa shape index (κ3) is 2.35. The number of nitrogens with one attached hydrogen (secondary N) is 1. The summed E-state index contributed by atoms with van der Waals surface area (Å²) in [6.07, 6.45) is 5.91. The summed E-state index contributed by atoms with van der Waals surface area (Å²) < 4.78 is 5.07. The largest absolute Gasteiger partial charge is 0.481 e. The molecule has 4 heteroatoms. The minimum atomic E-state index is 0.662. The summed E-state index contributed by atoms with van der Waals surface area (Å²) in [4.78, 5) is 6.87. The number of hydrogen-bond donors (Lipinski definition) is 1. The van der Waals surface area contributed by atoms with E-state index in [1.54, 1.807) is 7.11 Å². The standard InChI is InChI=1S/C14H21N3O/c1-18-14-5-4-11(10-16-14)9-15-12-6-8-17-7-2-3-13(12)17/h4-5,10,12-13,15H,2-3,6-9H2,1H3. The first-order chi connectivity index (χ1) is 8.86. The lowest BCUT2D eigenvalue weighted by atomic mass is 10.1. The lowest BCUT2D eigenvalue weighted by Crippen LogP contribution is -2.38. The second-order valence-electron chi connectivity index (χ2n) is 5.23. The average Bonchev–Trinajstić information content (AvgIpc) is 3.00. The molecule has 2 aliphatic rings. The van der Waals surface area contributed by atoms with Crippen molar-refractivity contribution in [2.45, 2.75) is 37.9 Å². The van der Waals surface area contributed by atoms with Crippen LogP contribution in [-0.2, 0) is 6.54 Å². The van der Waals surface area contributed by atoms with E-state index in [-0.39, 0.29) is 0 Å². The van der Waals surface area contributed by atoms with E-state index in [0.29, 0.717) is 11.9 Å². The molecule has 2 unspecified atom stereocenters. The van der Waals surface area contributed by atoms with Gasteiger partial charge in [0.25, 0.3) is 0 Å². The van der Waals surface area contributed by atoms with E-state index in [1.165, 1.54) is 37.9 Å². The number of methoxy groups -OCH3 is 1. The van der Waals surface area contributed by atoms with Gasteiger partial charge in [-0.15, -0.1) is 0 Å². The Morgan fingerprint density at radius 3 is 3.11 bits per heavy atom. The molecule has 1 aromatic heterocycles. The molecule has 0 radical (unpaired) electrons. The van der Waals surface area contributed by atoms with Crippen molar-refractivity contribution in [2.24, 2.45) is 0 Å². The van der Waals surface area contributed by atoms with Gasteiger partial charge in [-0.3, -0.25) is 4.90 Å². The van der Waals surface area contributed by atoms with Gasteiger partial charge in [-0.2, -0.15) is 0 Å². The number of pyridine rings is 1. The fourth-order valence-electron chi connectivity index (χ4n) is 3.21. The molecule has 2 aliphatic heterocycles. The zero-order chi connectivity index (χ0) is 12.4. The Balaban J connectivity index is 1.54. The fourth-order valence-corrected chi connectivity index (χ4v) is 3.21. The predicted molar refractivity (Wildman–Crippen MR) is 70.6 cm³/mol. The van der Waals surface area contributed by atoms with Crippen LogP contribution in [0.15, 0.2) is 18.3 Å². The highest BCUT2D eigenvalue weighted by atomic mass is 16.5. The van der Waals surface area contributed by atoms with E-state index < -0.39 is 0 Å². The summed E-state index contributed by atoms with van der Waals surface area (Å²) in [5.74, 6) is 0.682. The van der Waals surface area contributed by atoms with Crippen LogP contribution in [0.3, 0.4) is 0 Å². The van der Waals surface area contributed by atoms with Gasteiger partial charge in [0, 0.05) is 37.4 Å². The fraction of sp³-hybridized carbons (Fsp3) is 0.643. The van der Waals surface area contributed by atoms with Gasteiger partial charge in [0.2, 0.25) is 5.88 Å². The highest BCUT2D eigenvalue weighted by molar-refractivity contribution is 5.17. The van der Waals surface area contributed by atoms with E-state index in [0.717, 1.165) is 12.6 Å². The Morgan fingerprint density at radius 2 is 2.33 bits per heavy atom. The lowest BCUT2D eigenvalue weighted by molar-refractivity contribution is 0.298. The molecule has 0 amide bonds. The second-order valence-corrected chi connectivity index (χ2v) is 5.23. The molecule has 2 fully saturated rings. The van der Waals surface area contributed by atoms with Crippen LogP contribution in [0.1, 0.15) is 24.8 Å². The third-order valence-electron chi connectivity index (χ3n) is 4.18. The van der Waals surface area contributed by atoms with E-state index >= 15 is 0 Å². The Labute approximate surface area is 108 Å². The normalized spacial score (nSPS) is 27.4. The monoisotopic (exact) mass is 247 g/mol. The van der Waals surface area contributed by atoms with Crippen molar-refractivity contribution in [1.29, 1.82) is 0 Å². The SMILES string of the molecule is COc1ccc(CNC2CCN3CCCC23)cn1. The van der Waals surface area contributed by atoms with E-state index in [4.69, 9.17) is 4.74 Å². The topological polar surface area (TPSA) is 37.4 Å². The number of ether oxygens (including phenoxy) is 1. The zero-order valence-electron chi connectivity index (χ0n) is 10.9. The van der Waals surface area contributed by atoms with Crippen molar-refractivity contribution in [3.8, 4) is 5.88 Å². The molecule has 4 nitrogen and oxygen atoms in total. The Bertz CT molecular complexity index is 393. The Morgan fingerprint density at radius 1 is 1.39 bits per heavy atom. The highest BCUT2D eigenvalue weighted by Gasteiger charge is 2.36. The molecule has 0 spiro atoms. The quantitative estimate of drug-likeness (QED) is 0.873. The molecule has 0 bridgehead atoms. The van der Waals surface area contributed by atoms with Gasteiger partial charge in [-0.25, -0.2) is 4.98 Å². The van der Waals surface area contributed by atoms with Crippen LogP contribution in [0.4, 0.5) is 0 Å².